The molecule has 0 bridgehead atoms. The highest BCUT2D eigenvalue weighted by Gasteiger charge is 2.36. The van der Waals surface area contributed by atoms with Crippen LogP contribution in [0.1, 0.15) is 97.8 Å². The van der Waals surface area contributed by atoms with E-state index >= 15 is 0 Å². The fraction of sp³-hybridized carbons (Fsp3) is 0.917. The van der Waals surface area contributed by atoms with Gasteiger partial charge in [-0.3, -0.25) is 9.59 Å². The molecule has 0 heterocycles. The van der Waals surface area contributed by atoms with Gasteiger partial charge in [-0.2, -0.15) is 17.9 Å². The number of rotatable bonds is 13. The molecule has 0 spiro atoms. The Morgan fingerprint density at radius 1 is 1.06 bits per heavy atom. The standard InChI is InChI=1S/C24H46N4O5S/c1-17-13-19(16-24(2,3)15-17)26-22(29)21(14-18-9-5-4-6-10-18)28-34(32,33)27-20(23(30)31)11-7-8-12-25/h17-21,27-28H,4-16,25H2,1-3H3,(H,26,29)(H,30,31)/t17?,19?,20-,21-/m0/s1. The highest BCUT2D eigenvalue weighted by atomic mass is 32.2. The number of nitrogens with one attached hydrogen (secondary N) is 3. The van der Waals surface area contributed by atoms with Gasteiger partial charge in [0.15, 0.2) is 0 Å². The predicted molar refractivity (Wildman–Crippen MR) is 133 cm³/mol. The Hall–Kier alpha value is -1.23. The molecule has 198 valence electrons. The number of hydrogen-bond acceptors (Lipinski definition) is 5. The molecule has 2 saturated carbocycles. The number of hydrogen-bond donors (Lipinski definition) is 5. The summed E-state index contributed by atoms with van der Waals surface area (Å²) in [5.41, 5.74) is 5.58. The van der Waals surface area contributed by atoms with Crippen LogP contribution in [-0.2, 0) is 19.8 Å². The first-order chi connectivity index (χ1) is 15.9. The van der Waals surface area contributed by atoms with Crippen molar-refractivity contribution >= 4 is 22.1 Å². The van der Waals surface area contributed by atoms with E-state index in [0.717, 1.165) is 44.9 Å². The Morgan fingerprint density at radius 3 is 2.29 bits per heavy atom. The van der Waals surface area contributed by atoms with Crippen LogP contribution in [0.15, 0.2) is 0 Å². The molecule has 0 aromatic rings. The average molecular weight is 503 g/mol. The van der Waals surface area contributed by atoms with E-state index in [1.807, 2.05) is 0 Å². The molecule has 2 aliphatic carbocycles. The monoisotopic (exact) mass is 502 g/mol. The molecule has 0 aromatic carbocycles. The van der Waals surface area contributed by atoms with Gasteiger partial charge in [-0.05, 0) is 62.3 Å². The maximum atomic E-state index is 13.3. The van der Waals surface area contributed by atoms with Crippen molar-refractivity contribution in [3.8, 4) is 0 Å². The largest absolute Gasteiger partial charge is 0.480 e. The summed E-state index contributed by atoms with van der Waals surface area (Å²) in [6, 6.07) is -2.19. The van der Waals surface area contributed by atoms with Crippen LogP contribution in [0.25, 0.3) is 0 Å². The summed E-state index contributed by atoms with van der Waals surface area (Å²) in [5.74, 6) is -0.808. The Morgan fingerprint density at radius 2 is 1.71 bits per heavy atom. The molecule has 0 aliphatic heterocycles. The van der Waals surface area contributed by atoms with Crippen molar-refractivity contribution in [2.45, 2.75) is 116 Å². The molecule has 2 fully saturated rings. The van der Waals surface area contributed by atoms with Crippen molar-refractivity contribution in [2.75, 3.05) is 6.54 Å². The second kappa shape index (κ2) is 13.2. The molecular formula is C24H46N4O5S. The van der Waals surface area contributed by atoms with Crippen molar-refractivity contribution in [1.29, 1.82) is 0 Å². The minimum atomic E-state index is -4.21. The molecule has 9 nitrogen and oxygen atoms in total. The molecule has 4 atom stereocenters. The van der Waals surface area contributed by atoms with Gasteiger partial charge in [-0.15, -0.1) is 0 Å². The summed E-state index contributed by atoms with van der Waals surface area (Å²) in [7, 11) is -4.21. The second-order valence-corrected chi connectivity index (χ2v) is 12.8. The fourth-order valence-electron chi connectivity index (χ4n) is 5.86. The lowest BCUT2D eigenvalue weighted by Gasteiger charge is -2.39. The van der Waals surface area contributed by atoms with Crippen LogP contribution in [0.5, 0.6) is 0 Å². The first kappa shape index (κ1) is 29.0. The van der Waals surface area contributed by atoms with Crippen LogP contribution in [0.4, 0.5) is 0 Å². The molecule has 0 saturated heterocycles. The molecule has 34 heavy (non-hydrogen) atoms. The first-order valence-corrected chi connectivity index (χ1v) is 14.4. The smallest absolute Gasteiger partial charge is 0.321 e. The molecule has 2 aliphatic rings. The lowest BCUT2D eigenvalue weighted by molar-refractivity contribution is -0.139. The molecule has 2 rings (SSSR count). The third-order valence-electron chi connectivity index (χ3n) is 7.18. The molecule has 6 N–H and O–H groups in total. The van der Waals surface area contributed by atoms with Crippen LogP contribution >= 0.6 is 0 Å². The van der Waals surface area contributed by atoms with Crippen LogP contribution in [0.3, 0.4) is 0 Å². The van der Waals surface area contributed by atoms with E-state index in [9.17, 15) is 23.1 Å². The summed E-state index contributed by atoms with van der Waals surface area (Å²) in [4.78, 5) is 24.9. The fourth-order valence-corrected chi connectivity index (χ4v) is 7.10. The summed E-state index contributed by atoms with van der Waals surface area (Å²) in [5, 5.41) is 12.6. The van der Waals surface area contributed by atoms with Crippen molar-refractivity contribution in [3.63, 3.8) is 0 Å². The highest BCUT2D eigenvalue weighted by molar-refractivity contribution is 7.87. The average Bonchev–Trinajstić information content (AvgIpc) is 2.71. The highest BCUT2D eigenvalue weighted by Crippen LogP contribution is 2.38. The van der Waals surface area contributed by atoms with Crippen LogP contribution < -0.4 is 20.5 Å². The summed E-state index contributed by atoms with van der Waals surface area (Å²) in [6.45, 7) is 7.00. The van der Waals surface area contributed by atoms with Gasteiger partial charge in [-0.1, -0.05) is 59.3 Å². The number of carbonyl (C=O) groups is 2. The number of carboxylic acid groups (broad SMARTS) is 1. The number of carbonyl (C=O) groups excluding carboxylic acids is 1. The van der Waals surface area contributed by atoms with Crippen molar-refractivity contribution in [3.05, 3.63) is 0 Å². The maximum Gasteiger partial charge on any atom is 0.321 e. The van der Waals surface area contributed by atoms with Gasteiger partial charge in [-0.25, -0.2) is 0 Å². The lowest BCUT2D eigenvalue weighted by Crippen LogP contribution is -2.56. The van der Waals surface area contributed by atoms with Crippen molar-refractivity contribution in [1.82, 2.24) is 14.8 Å². The third-order valence-corrected chi connectivity index (χ3v) is 8.37. The SMILES string of the molecule is CC1CC(NC(=O)[C@H](CC2CCCCC2)NS(=O)(=O)N[C@@H](CCCCN)C(=O)O)CC(C)(C)C1. The predicted octanol–water partition coefficient (Wildman–Crippen LogP) is 2.66. The quantitative estimate of drug-likeness (QED) is 0.244. The zero-order chi connectivity index (χ0) is 25.4. The number of carboxylic acids is 1. The molecule has 0 aromatic heterocycles. The Bertz CT molecular complexity index is 767. The van der Waals surface area contributed by atoms with Gasteiger partial charge in [0, 0.05) is 6.04 Å². The molecular weight excluding hydrogens is 456 g/mol. The van der Waals surface area contributed by atoms with Gasteiger partial charge >= 0.3 is 5.97 Å². The first-order valence-electron chi connectivity index (χ1n) is 12.9. The van der Waals surface area contributed by atoms with E-state index in [1.54, 1.807) is 0 Å². The van der Waals surface area contributed by atoms with E-state index in [0.29, 0.717) is 31.7 Å². The summed E-state index contributed by atoms with van der Waals surface area (Å²) >= 11 is 0. The number of nitrogens with two attached hydrogens (primary N) is 1. The van der Waals surface area contributed by atoms with Gasteiger partial charge in [0.05, 0.1) is 0 Å². The molecule has 0 radical (unpaired) electrons. The van der Waals surface area contributed by atoms with E-state index in [2.05, 4.69) is 35.5 Å². The van der Waals surface area contributed by atoms with Crippen LogP contribution in [0.2, 0.25) is 0 Å². The molecule has 10 heteroatoms. The summed E-state index contributed by atoms with van der Waals surface area (Å²) < 4.78 is 30.5. The zero-order valence-electron chi connectivity index (χ0n) is 21.1. The summed E-state index contributed by atoms with van der Waals surface area (Å²) in [6.07, 6.45) is 9.78. The van der Waals surface area contributed by atoms with Crippen molar-refractivity contribution < 1.29 is 23.1 Å². The number of aliphatic carboxylic acids is 1. The van der Waals surface area contributed by atoms with E-state index in [-0.39, 0.29) is 29.7 Å². The zero-order valence-corrected chi connectivity index (χ0v) is 22.0. The Balaban J connectivity index is 2.10. The number of amides is 1. The van der Waals surface area contributed by atoms with Crippen LogP contribution in [-0.4, -0.2) is 50.1 Å². The van der Waals surface area contributed by atoms with Gasteiger partial charge in [0.2, 0.25) is 5.91 Å². The topological polar surface area (TPSA) is 151 Å². The molecule has 1 amide bonds. The van der Waals surface area contributed by atoms with E-state index < -0.39 is 28.3 Å². The lowest BCUT2D eigenvalue weighted by atomic mass is 9.70. The minimum absolute atomic E-state index is 0.000556. The Labute approximate surface area is 205 Å². The minimum Gasteiger partial charge on any atom is -0.480 e. The van der Waals surface area contributed by atoms with E-state index in [4.69, 9.17) is 5.73 Å². The van der Waals surface area contributed by atoms with Gasteiger partial charge < -0.3 is 16.2 Å². The van der Waals surface area contributed by atoms with Gasteiger partial charge in [0.1, 0.15) is 12.1 Å². The Kier molecular flexibility index (Phi) is 11.2. The normalized spacial score (nSPS) is 25.4. The van der Waals surface area contributed by atoms with Crippen molar-refractivity contribution in [2.24, 2.45) is 23.0 Å². The van der Waals surface area contributed by atoms with E-state index in [1.165, 1.54) is 6.42 Å². The van der Waals surface area contributed by atoms with Gasteiger partial charge in [0.25, 0.3) is 10.2 Å². The van der Waals surface area contributed by atoms with Crippen LogP contribution in [0, 0.1) is 17.3 Å². The second-order valence-electron chi connectivity index (χ2n) is 11.3. The number of unbranched alkanes of at least 4 members (excludes halogenated alkanes) is 1. The third kappa shape index (κ3) is 10.2. The molecule has 2 unspecified atom stereocenters. The maximum absolute atomic E-state index is 13.3.